The zero-order valence-corrected chi connectivity index (χ0v) is 22.3. The Morgan fingerprint density at radius 1 is 1.06 bits per heavy atom. The molecule has 0 atom stereocenters. The minimum atomic E-state index is -0.103. The molecule has 1 aromatic heterocycles. The number of hydrogen-bond acceptors (Lipinski definition) is 5. The topological polar surface area (TPSA) is 96.9 Å². The fourth-order valence-electron chi connectivity index (χ4n) is 2.83. The van der Waals surface area contributed by atoms with E-state index in [-0.39, 0.29) is 29.9 Å². The Morgan fingerprint density at radius 3 is 2.55 bits per heavy atom. The number of pyridine rings is 1. The maximum Gasteiger partial charge on any atom is 0.227 e. The molecule has 33 heavy (non-hydrogen) atoms. The molecule has 1 heterocycles. The van der Waals surface area contributed by atoms with Crippen LogP contribution in [0.1, 0.15) is 37.0 Å². The van der Waals surface area contributed by atoms with Gasteiger partial charge in [-0.15, -0.1) is 24.0 Å². The van der Waals surface area contributed by atoms with Crippen molar-refractivity contribution in [2.75, 3.05) is 38.2 Å². The van der Waals surface area contributed by atoms with Crippen molar-refractivity contribution in [3.63, 3.8) is 0 Å². The minimum Gasteiger partial charge on any atom is -0.491 e. The molecule has 182 valence electrons. The monoisotopic (exact) mass is 569 g/mol. The molecule has 1 amide bonds. The molecule has 0 saturated heterocycles. The Hall–Kier alpha value is -2.40. The summed E-state index contributed by atoms with van der Waals surface area (Å²) < 4.78 is 11.2. The van der Waals surface area contributed by atoms with Gasteiger partial charge in [0.1, 0.15) is 18.2 Å². The van der Waals surface area contributed by atoms with Crippen LogP contribution in [-0.2, 0) is 16.1 Å². The lowest BCUT2D eigenvalue weighted by atomic mass is 10.1. The number of halogens is 1. The van der Waals surface area contributed by atoms with Gasteiger partial charge in [0.25, 0.3) is 0 Å². The highest BCUT2D eigenvalue weighted by molar-refractivity contribution is 14.0. The van der Waals surface area contributed by atoms with Crippen molar-refractivity contribution in [3.8, 4) is 5.75 Å². The van der Waals surface area contributed by atoms with E-state index in [4.69, 9.17) is 9.47 Å². The molecule has 0 radical (unpaired) electrons. The van der Waals surface area contributed by atoms with Gasteiger partial charge in [-0.3, -0.25) is 4.79 Å². The van der Waals surface area contributed by atoms with Gasteiger partial charge in [-0.2, -0.15) is 0 Å². The summed E-state index contributed by atoms with van der Waals surface area (Å²) in [7, 11) is 0. The number of carbonyl (C=O) groups excluding carboxylic acids is 1. The smallest absolute Gasteiger partial charge is 0.227 e. The third-order valence-corrected chi connectivity index (χ3v) is 4.49. The Labute approximate surface area is 214 Å². The number of ether oxygens (including phenoxy) is 2. The summed E-state index contributed by atoms with van der Waals surface area (Å²) in [6, 6.07) is 9.80. The number of nitrogens with one attached hydrogen (secondary N) is 3. The number of aliphatic imine (C=N–C) groups is 1. The molecule has 0 aliphatic carbocycles. The lowest BCUT2D eigenvalue weighted by molar-refractivity contribution is -0.116. The summed E-state index contributed by atoms with van der Waals surface area (Å²) in [5.74, 6) is 1.91. The van der Waals surface area contributed by atoms with Gasteiger partial charge in [-0.05, 0) is 51.0 Å². The number of rotatable bonds is 12. The highest BCUT2D eigenvalue weighted by atomic mass is 127. The normalized spacial score (nSPS) is 10.8. The molecule has 0 spiro atoms. The number of nitrogens with zero attached hydrogens (tertiary/aromatic N) is 2. The minimum absolute atomic E-state index is 0. The van der Waals surface area contributed by atoms with Crippen LogP contribution in [0.5, 0.6) is 5.75 Å². The van der Waals surface area contributed by atoms with E-state index in [1.54, 1.807) is 12.3 Å². The van der Waals surface area contributed by atoms with E-state index in [1.807, 2.05) is 52.0 Å². The predicted octanol–water partition coefficient (Wildman–Crippen LogP) is 3.82. The van der Waals surface area contributed by atoms with Gasteiger partial charge < -0.3 is 25.4 Å². The van der Waals surface area contributed by atoms with E-state index in [2.05, 4.69) is 25.9 Å². The van der Waals surface area contributed by atoms with E-state index in [9.17, 15) is 4.79 Å². The SMILES string of the molecule is CCNC(=NCc1ccc(C)cc1OCCOCC)NCCC(=O)Nc1ccc(C)cn1.I. The molecular weight excluding hydrogens is 533 g/mol. The van der Waals surface area contributed by atoms with E-state index >= 15 is 0 Å². The third-order valence-electron chi connectivity index (χ3n) is 4.49. The van der Waals surface area contributed by atoms with Crippen molar-refractivity contribution >= 4 is 41.7 Å². The van der Waals surface area contributed by atoms with Gasteiger partial charge in [0.2, 0.25) is 5.91 Å². The third kappa shape index (κ3) is 11.3. The van der Waals surface area contributed by atoms with E-state index in [0.29, 0.717) is 51.1 Å². The number of carbonyl (C=O) groups is 1. The largest absolute Gasteiger partial charge is 0.491 e. The Kier molecular flexibility index (Phi) is 14.1. The van der Waals surface area contributed by atoms with Crippen molar-refractivity contribution in [3.05, 3.63) is 53.2 Å². The van der Waals surface area contributed by atoms with E-state index < -0.39 is 0 Å². The molecule has 1 aromatic carbocycles. The van der Waals surface area contributed by atoms with E-state index in [1.165, 1.54) is 0 Å². The average molecular weight is 569 g/mol. The molecule has 2 aromatic rings. The molecule has 0 saturated carbocycles. The summed E-state index contributed by atoms with van der Waals surface area (Å²) >= 11 is 0. The Morgan fingerprint density at radius 2 is 1.85 bits per heavy atom. The zero-order valence-electron chi connectivity index (χ0n) is 19.9. The van der Waals surface area contributed by atoms with Gasteiger partial charge in [0.05, 0.1) is 13.2 Å². The number of hydrogen-bond donors (Lipinski definition) is 3. The van der Waals surface area contributed by atoms with Gasteiger partial charge in [0, 0.05) is 37.9 Å². The second-order valence-electron chi connectivity index (χ2n) is 7.30. The molecule has 0 fully saturated rings. The standard InChI is InChI=1S/C24H35N5O3.HI/c1-5-25-24(26-12-11-23(30)29-22-10-8-19(4)16-27-22)28-17-20-9-7-18(3)15-21(20)32-14-13-31-6-2;/h7-10,15-16H,5-6,11-14,17H2,1-4H3,(H2,25,26,28)(H,27,29,30);1H. The van der Waals surface area contributed by atoms with Crippen LogP contribution in [0.25, 0.3) is 0 Å². The van der Waals surface area contributed by atoms with Crippen LogP contribution >= 0.6 is 24.0 Å². The molecular formula is C24H36IN5O3. The van der Waals surface area contributed by atoms with Crippen LogP contribution in [0.15, 0.2) is 41.5 Å². The lowest BCUT2D eigenvalue weighted by Gasteiger charge is -2.14. The molecule has 0 aliphatic heterocycles. The first-order chi connectivity index (χ1) is 15.5. The highest BCUT2D eigenvalue weighted by Crippen LogP contribution is 2.21. The van der Waals surface area contributed by atoms with Crippen LogP contribution in [0.2, 0.25) is 0 Å². The average Bonchev–Trinajstić information content (AvgIpc) is 2.77. The van der Waals surface area contributed by atoms with Crippen LogP contribution in [-0.4, -0.2) is 49.8 Å². The number of amides is 1. The maximum absolute atomic E-state index is 12.2. The predicted molar refractivity (Wildman–Crippen MR) is 144 cm³/mol. The van der Waals surface area contributed by atoms with Crippen molar-refractivity contribution < 1.29 is 14.3 Å². The van der Waals surface area contributed by atoms with Crippen molar-refractivity contribution in [2.45, 2.75) is 40.7 Å². The second-order valence-corrected chi connectivity index (χ2v) is 7.30. The molecule has 3 N–H and O–H groups in total. The molecule has 8 nitrogen and oxygen atoms in total. The van der Waals surface area contributed by atoms with Crippen molar-refractivity contribution in [2.24, 2.45) is 4.99 Å². The van der Waals surface area contributed by atoms with Crippen molar-refractivity contribution in [1.29, 1.82) is 0 Å². The highest BCUT2D eigenvalue weighted by Gasteiger charge is 2.07. The summed E-state index contributed by atoms with van der Waals surface area (Å²) in [4.78, 5) is 21.0. The quantitative estimate of drug-likeness (QED) is 0.156. The van der Waals surface area contributed by atoms with Gasteiger partial charge in [-0.25, -0.2) is 9.98 Å². The van der Waals surface area contributed by atoms with Crippen LogP contribution in [0, 0.1) is 13.8 Å². The van der Waals surface area contributed by atoms with Crippen LogP contribution < -0.4 is 20.7 Å². The molecule has 0 bridgehead atoms. The molecule has 0 unspecified atom stereocenters. The summed E-state index contributed by atoms with van der Waals surface area (Å²) in [6.07, 6.45) is 2.03. The van der Waals surface area contributed by atoms with Crippen molar-refractivity contribution in [1.82, 2.24) is 15.6 Å². The second kappa shape index (κ2) is 16.2. The maximum atomic E-state index is 12.2. The molecule has 0 aliphatic rings. The lowest BCUT2D eigenvalue weighted by Crippen LogP contribution is -2.38. The first kappa shape index (κ1) is 28.6. The first-order valence-corrected chi connectivity index (χ1v) is 11.1. The Bertz CT molecular complexity index is 875. The molecule has 2 rings (SSSR count). The van der Waals surface area contributed by atoms with Crippen LogP contribution in [0.3, 0.4) is 0 Å². The van der Waals surface area contributed by atoms with Gasteiger partial charge in [0.15, 0.2) is 5.96 Å². The zero-order chi connectivity index (χ0) is 23.2. The van der Waals surface area contributed by atoms with Crippen LogP contribution in [0.4, 0.5) is 5.82 Å². The van der Waals surface area contributed by atoms with Gasteiger partial charge >= 0.3 is 0 Å². The number of aryl methyl sites for hydroxylation is 2. The summed E-state index contributed by atoms with van der Waals surface area (Å²) in [5.41, 5.74) is 3.17. The summed E-state index contributed by atoms with van der Waals surface area (Å²) in [5, 5.41) is 9.21. The van der Waals surface area contributed by atoms with E-state index in [0.717, 1.165) is 29.0 Å². The number of benzene rings is 1. The number of guanidine groups is 1. The number of anilines is 1. The van der Waals surface area contributed by atoms with Gasteiger partial charge in [-0.1, -0.05) is 18.2 Å². The fraction of sp³-hybridized carbons (Fsp3) is 0.458. The first-order valence-electron chi connectivity index (χ1n) is 11.1. The fourth-order valence-corrected chi connectivity index (χ4v) is 2.83. The number of aromatic nitrogens is 1. The summed E-state index contributed by atoms with van der Waals surface area (Å²) in [6.45, 7) is 11.3. The molecule has 9 heteroatoms. The Balaban J connectivity index is 0.00000544.